The summed E-state index contributed by atoms with van der Waals surface area (Å²) in [6.45, 7) is 7.30. The molecule has 5 heteroatoms. The Hall–Kier alpha value is -1.65. The highest BCUT2D eigenvalue weighted by Gasteiger charge is 2.39. The van der Waals surface area contributed by atoms with Crippen molar-refractivity contribution in [1.29, 1.82) is 0 Å². The van der Waals surface area contributed by atoms with E-state index in [1.54, 1.807) is 6.92 Å². The average molecular weight is 289 g/mol. The maximum atomic E-state index is 12.7. The molecule has 1 aromatic rings. The lowest BCUT2D eigenvalue weighted by Crippen LogP contribution is -2.35. The van der Waals surface area contributed by atoms with Gasteiger partial charge in [0.05, 0.1) is 5.69 Å². The Labute approximate surface area is 124 Å². The molecule has 1 aliphatic carbocycles. The lowest BCUT2D eigenvalue weighted by molar-refractivity contribution is 0.0777. The van der Waals surface area contributed by atoms with Crippen LogP contribution in [0.3, 0.4) is 0 Å². The van der Waals surface area contributed by atoms with Crippen molar-refractivity contribution in [2.45, 2.75) is 46.0 Å². The molecule has 1 aliphatic heterocycles. The van der Waals surface area contributed by atoms with Crippen molar-refractivity contribution >= 4 is 5.91 Å². The summed E-state index contributed by atoms with van der Waals surface area (Å²) in [7, 11) is 0. The first kappa shape index (κ1) is 14.3. The summed E-state index contributed by atoms with van der Waals surface area (Å²) in [6, 6.07) is 0. The maximum Gasteiger partial charge on any atom is 0.264 e. The quantitative estimate of drug-likeness (QED) is 0.906. The molecule has 0 radical (unpaired) electrons. The first-order chi connectivity index (χ1) is 9.97. The molecule has 0 bridgehead atoms. The molecule has 21 heavy (non-hydrogen) atoms. The lowest BCUT2D eigenvalue weighted by atomic mass is 10.0. The molecule has 2 fully saturated rings. The van der Waals surface area contributed by atoms with E-state index in [4.69, 9.17) is 0 Å². The number of hydrogen-bond acceptors (Lipinski definition) is 3. The Morgan fingerprint density at radius 3 is 2.43 bits per heavy atom. The van der Waals surface area contributed by atoms with Gasteiger partial charge in [-0.2, -0.15) is 0 Å². The van der Waals surface area contributed by atoms with E-state index in [1.165, 1.54) is 19.3 Å². The molecule has 2 aliphatic rings. The predicted octanol–water partition coefficient (Wildman–Crippen LogP) is 2.07. The van der Waals surface area contributed by atoms with E-state index in [0.29, 0.717) is 23.4 Å². The van der Waals surface area contributed by atoms with Gasteiger partial charge in [0, 0.05) is 19.0 Å². The highest BCUT2D eigenvalue weighted by molar-refractivity contribution is 5.95. The molecule has 114 valence electrons. The maximum absolute atomic E-state index is 12.7. The molecule has 2 heterocycles. The van der Waals surface area contributed by atoms with Gasteiger partial charge in [0.15, 0.2) is 0 Å². The van der Waals surface area contributed by atoms with Crippen LogP contribution in [0.25, 0.3) is 0 Å². The lowest BCUT2D eigenvalue weighted by Gasteiger charge is -2.18. The highest BCUT2D eigenvalue weighted by atomic mass is 16.2. The van der Waals surface area contributed by atoms with Gasteiger partial charge in [0.1, 0.15) is 11.4 Å². The highest BCUT2D eigenvalue weighted by Crippen LogP contribution is 2.38. The zero-order valence-corrected chi connectivity index (χ0v) is 13.0. The summed E-state index contributed by atoms with van der Waals surface area (Å²) < 4.78 is 0. The van der Waals surface area contributed by atoms with Crippen molar-refractivity contribution in [3.8, 4) is 0 Å². The van der Waals surface area contributed by atoms with Gasteiger partial charge in [0.2, 0.25) is 0 Å². The van der Waals surface area contributed by atoms with Crippen LogP contribution in [0.4, 0.5) is 0 Å². The minimum absolute atomic E-state index is 0.145. The van der Waals surface area contributed by atoms with Crippen LogP contribution in [0.1, 0.15) is 60.9 Å². The topological polar surface area (TPSA) is 66.1 Å². The van der Waals surface area contributed by atoms with E-state index in [0.717, 1.165) is 13.1 Å². The largest absolute Gasteiger partial charge is 0.338 e. The third-order valence-corrected chi connectivity index (χ3v) is 4.89. The molecule has 0 aromatic carbocycles. The number of rotatable bonds is 2. The monoisotopic (exact) mass is 289 g/mol. The van der Waals surface area contributed by atoms with E-state index in [9.17, 15) is 9.59 Å². The smallest absolute Gasteiger partial charge is 0.264 e. The van der Waals surface area contributed by atoms with Crippen molar-refractivity contribution in [2.24, 2.45) is 11.8 Å². The van der Waals surface area contributed by atoms with Crippen LogP contribution >= 0.6 is 0 Å². The number of aromatic nitrogens is 2. The number of nitrogens with one attached hydrogen (secondary N) is 1. The van der Waals surface area contributed by atoms with Crippen molar-refractivity contribution in [3.05, 3.63) is 27.4 Å². The first-order valence-electron chi connectivity index (χ1n) is 7.87. The molecule has 2 atom stereocenters. The Balaban J connectivity index is 1.87. The third-order valence-electron chi connectivity index (χ3n) is 4.89. The summed E-state index contributed by atoms with van der Waals surface area (Å²) in [6.07, 6.45) is 3.71. The summed E-state index contributed by atoms with van der Waals surface area (Å²) in [5.41, 5.74) is 0.470. The Morgan fingerprint density at radius 1 is 1.29 bits per heavy atom. The molecule has 1 N–H and O–H groups in total. The standard InChI is InChI=1S/C16H23N3O2/c1-9(2)14-17-10(3)13(15(20)18-14)16(21)19-7-11-5-4-6-12(11)8-19/h9,11-12H,4-8H2,1-3H3,(H,17,18,20). The molecular formula is C16H23N3O2. The molecule has 0 spiro atoms. The minimum atomic E-state index is -0.298. The molecule has 1 amide bonds. The van der Waals surface area contributed by atoms with Crippen LogP contribution in [-0.2, 0) is 0 Å². The van der Waals surface area contributed by atoms with Crippen molar-refractivity contribution in [3.63, 3.8) is 0 Å². The Morgan fingerprint density at radius 2 is 1.90 bits per heavy atom. The molecule has 2 unspecified atom stereocenters. The van der Waals surface area contributed by atoms with Crippen LogP contribution in [0.5, 0.6) is 0 Å². The summed E-state index contributed by atoms with van der Waals surface area (Å²) in [5, 5.41) is 0. The Bertz CT molecular complexity index is 608. The van der Waals surface area contributed by atoms with E-state index < -0.39 is 0 Å². The Kier molecular flexibility index (Phi) is 3.59. The fourth-order valence-corrected chi connectivity index (χ4v) is 3.69. The zero-order valence-electron chi connectivity index (χ0n) is 13.0. The predicted molar refractivity (Wildman–Crippen MR) is 80.4 cm³/mol. The fourth-order valence-electron chi connectivity index (χ4n) is 3.69. The van der Waals surface area contributed by atoms with Crippen LogP contribution in [0.2, 0.25) is 0 Å². The SMILES string of the molecule is Cc1nc(C(C)C)[nH]c(=O)c1C(=O)N1CC2CCCC2C1. The number of likely N-dealkylation sites (tertiary alicyclic amines) is 1. The van der Waals surface area contributed by atoms with E-state index in [2.05, 4.69) is 9.97 Å². The molecule has 5 nitrogen and oxygen atoms in total. The number of amides is 1. The molecule has 1 saturated carbocycles. The van der Waals surface area contributed by atoms with Gasteiger partial charge in [-0.1, -0.05) is 20.3 Å². The number of hydrogen-bond donors (Lipinski definition) is 1. The summed E-state index contributed by atoms with van der Waals surface area (Å²) >= 11 is 0. The minimum Gasteiger partial charge on any atom is -0.338 e. The zero-order chi connectivity index (χ0) is 15.1. The second-order valence-corrected chi connectivity index (χ2v) is 6.73. The van der Waals surface area contributed by atoms with Crippen LogP contribution < -0.4 is 5.56 Å². The number of nitrogens with zero attached hydrogens (tertiary/aromatic N) is 2. The molecular weight excluding hydrogens is 266 g/mol. The van der Waals surface area contributed by atoms with Gasteiger partial charge in [-0.25, -0.2) is 4.98 Å². The van der Waals surface area contributed by atoms with Crippen LogP contribution in [-0.4, -0.2) is 33.9 Å². The number of carbonyl (C=O) groups excluding carboxylic acids is 1. The van der Waals surface area contributed by atoms with E-state index >= 15 is 0 Å². The number of aryl methyl sites for hydroxylation is 1. The normalized spacial score (nSPS) is 24.7. The number of aromatic amines is 1. The molecule has 1 saturated heterocycles. The fraction of sp³-hybridized carbons (Fsp3) is 0.688. The molecule has 1 aromatic heterocycles. The van der Waals surface area contributed by atoms with Gasteiger partial charge in [0.25, 0.3) is 11.5 Å². The summed E-state index contributed by atoms with van der Waals surface area (Å²) in [4.78, 5) is 33.9. The average Bonchev–Trinajstić information content (AvgIpc) is 2.97. The third kappa shape index (κ3) is 2.49. The van der Waals surface area contributed by atoms with Gasteiger partial charge < -0.3 is 9.88 Å². The summed E-state index contributed by atoms with van der Waals surface area (Å²) in [5.74, 6) is 1.91. The van der Waals surface area contributed by atoms with Gasteiger partial charge in [-0.3, -0.25) is 9.59 Å². The van der Waals surface area contributed by atoms with Gasteiger partial charge in [-0.15, -0.1) is 0 Å². The number of carbonyl (C=O) groups is 1. The molecule has 3 rings (SSSR count). The second kappa shape index (κ2) is 5.28. The van der Waals surface area contributed by atoms with E-state index in [-0.39, 0.29) is 22.9 Å². The van der Waals surface area contributed by atoms with Crippen molar-refractivity contribution in [2.75, 3.05) is 13.1 Å². The van der Waals surface area contributed by atoms with Crippen molar-refractivity contribution < 1.29 is 4.79 Å². The van der Waals surface area contributed by atoms with Crippen LogP contribution in [0, 0.1) is 18.8 Å². The number of H-pyrrole nitrogens is 1. The number of fused-ring (bicyclic) bond motifs is 1. The van der Waals surface area contributed by atoms with E-state index in [1.807, 2.05) is 18.7 Å². The first-order valence-corrected chi connectivity index (χ1v) is 7.87. The van der Waals surface area contributed by atoms with Gasteiger partial charge >= 0.3 is 0 Å². The van der Waals surface area contributed by atoms with Gasteiger partial charge in [-0.05, 0) is 31.6 Å². The van der Waals surface area contributed by atoms with Crippen molar-refractivity contribution in [1.82, 2.24) is 14.9 Å². The second-order valence-electron chi connectivity index (χ2n) is 6.73. The van der Waals surface area contributed by atoms with Crippen LogP contribution in [0.15, 0.2) is 4.79 Å².